The fourth-order valence-electron chi connectivity index (χ4n) is 1.45. The molecule has 1 saturated heterocycles. The standard InChI is InChI=1S/C8H10ClN3O2S/c9-6-5(3-13)15-8(11-6)12-2-1-4(12)7(10)14/h4,13H,1-3H2,(H2,10,14). The molecule has 2 rings (SSSR count). The monoisotopic (exact) mass is 247 g/mol. The number of aromatic nitrogens is 1. The number of amides is 1. The van der Waals surface area contributed by atoms with Crippen molar-refractivity contribution in [1.29, 1.82) is 0 Å². The zero-order chi connectivity index (χ0) is 11.0. The van der Waals surface area contributed by atoms with Gasteiger partial charge in [-0.3, -0.25) is 4.79 Å². The molecular formula is C8H10ClN3O2S. The van der Waals surface area contributed by atoms with Crippen LogP contribution in [-0.4, -0.2) is 28.6 Å². The first-order chi connectivity index (χ1) is 7.13. The van der Waals surface area contributed by atoms with Gasteiger partial charge in [0, 0.05) is 6.54 Å². The Morgan fingerprint density at radius 2 is 2.53 bits per heavy atom. The van der Waals surface area contributed by atoms with Crippen molar-refractivity contribution in [3.63, 3.8) is 0 Å². The van der Waals surface area contributed by atoms with Crippen molar-refractivity contribution in [1.82, 2.24) is 4.98 Å². The molecule has 0 saturated carbocycles. The Morgan fingerprint density at radius 3 is 2.93 bits per heavy atom. The highest BCUT2D eigenvalue weighted by atomic mass is 35.5. The van der Waals surface area contributed by atoms with E-state index < -0.39 is 0 Å². The summed E-state index contributed by atoms with van der Waals surface area (Å²) in [7, 11) is 0. The first-order valence-electron chi connectivity index (χ1n) is 4.45. The van der Waals surface area contributed by atoms with E-state index in [-0.39, 0.29) is 18.6 Å². The van der Waals surface area contributed by atoms with E-state index in [1.54, 1.807) is 4.90 Å². The van der Waals surface area contributed by atoms with Gasteiger partial charge in [0.15, 0.2) is 5.13 Å². The molecule has 3 N–H and O–H groups in total. The second kappa shape index (κ2) is 3.96. The third-order valence-electron chi connectivity index (χ3n) is 2.38. The highest BCUT2D eigenvalue weighted by Crippen LogP contribution is 2.34. The van der Waals surface area contributed by atoms with Gasteiger partial charge in [-0.15, -0.1) is 0 Å². The highest BCUT2D eigenvalue weighted by molar-refractivity contribution is 7.16. The lowest BCUT2D eigenvalue weighted by Crippen LogP contribution is -2.55. The number of halogens is 1. The molecule has 7 heteroatoms. The Hall–Kier alpha value is -0.850. The molecule has 0 aliphatic carbocycles. The summed E-state index contributed by atoms with van der Waals surface area (Å²) in [6.45, 7) is 0.619. The molecule has 0 bridgehead atoms. The molecule has 15 heavy (non-hydrogen) atoms. The van der Waals surface area contributed by atoms with Crippen molar-refractivity contribution in [2.24, 2.45) is 5.73 Å². The van der Waals surface area contributed by atoms with Gasteiger partial charge in [0.2, 0.25) is 5.91 Å². The van der Waals surface area contributed by atoms with E-state index in [1.165, 1.54) is 11.3 Å². The van der Waals surface area contributed by atoms with E-state index in [1.807, 2.05) is 0 Å². The molecule has 1 aromatic heterocycles. The van der Waals surface area contributed by atoms with Gasteiger partial charge >= 0.3 is 0 Å². The van der Waals surface area contributed by atoms with Gasteiger partial charge in [-0.25, -0.2) is 4.98 Å². The van der Waals surface area contributed by atoms with Crippen molar-refractivity contribution in [3.05, 3.63) is 10.0 Å². The molecule has 5 nitrogen and oxygen atoms in total. The zero-order valence-electron chi connectivity index (χ0n) is 7.81. The maximum absolute atomic E-state index is 11.0. The number of rotatable bonds is 3. The summed E-state index contributed by atoms with van der Waals surface area (Å²) >= 11 is 7.08. The van der Waals surface area contributed by atoms with E-state index in [9.17, 15) is 4.79 Å². The van der Waals surface area contributed by atoms with Crippen LogP contribution in [0.3, 0.4) is 0 Å². The number of hydrogen-bond acceptors (Lipinski definition) is 5. The molecule has 2 heterocycles. The number of hydrogen-bond donors (Lipinski definition) is 2. The molecule has 0 spiro atoms. The minimum atomic E-state index is -0.349. The average Bonchev–Trinajstić information content (AvgIpc) is 2.43. The molecule has 82 valence electrons. The number of nitrogens with two attached hydrogens (primary N) is 1. The smallest absolute Gasteiger partial charge is 0.240 e. The molecule has 1 aliphatic rings. The van der Waals surface area contributed by atoms with Gasteiger partial charge in [0.05, 0.1) is 11.5 Å². The lowest BCUT2D eigenvalue weighted by Gasteiger charge is -2.38. The molecule has 1 fully saturated rings. The van der Waals surface area contributed by atoms with Gasteiger partial charge in [-0.05, 0) is 6.42 Å². The fraction of sp³-hybridized carbons (Fsp3) is 0.500. The summed E-state index contributed by atoms with van der Waals surface area (Å²) in [5, 5.41) is 9.91. The maximum Gasteiger partial charge on any atom is 0.240 e. The first kappa shape index (κ1) is 10.7. The van der Waals surface area contributed by atoms with Crippen LogP contribution in [0.25, 0.3) is 0 Å². The predicted octanol–water partition coefficient (Wildman–Crippen LogP) is 0.353. The van der Waals surface area contributed by atoms with E-state index in [0.29, 0.717) is 15.2 Å². The van der Waals surface area contributed by atoms with E-state index >= 15 is 0 Å². The number of aliphatic hydroxyl groups is 1. The molecule has 1 atom stereocenters. The number of anilines is 1. The third-order valence-corrected chi connectivity index (χ3v) is 3.88. The SMILES string of the molecule is NC(=O)C1CCN1c1nc(Cl)c(CO)s1. The van der Waals surface area contributed by atoms with Crippen molar-refractivity contribution < 1.29 is 9.90 Å². The van der Waals surface area contributed by atoms with Gasteiger partial charge < -0.3 is 15.7 Å². The van der Waals surface area contributed by atoms with Crippen molar-refractivity contribution in [3.8, 4) is 0 Å². The van der Waals surface area contributed by atoms with Crippen molar-refractivity contribution in [2.75, 3.05) is 11.4 Å². The number of nitrogens with zero attached hydrogens (tertiary/aromatic N) is 2. The zero-order valence-corrected chi connectivity index (χ0v) is 9.38. The average molecular weight is 248 g/mol. The Bertz CT molecular complexity index is 395. The quantitative estimate of drug-likeness (QED) is 0.808. The first-order valence-corrected chi connectivity index (χ1v) is 5.65. The van der Waals surface area contributed by atoms with E-state index in [4.69, 9.17) is 22.4 Å². The minimum Gasteiger partial charge on any atom is -0.391 e. The molecule has 1 aliphatic heterocycles. The van der Waals surface area contributed by atoms with Crippen molar-refractivity contribution >= 4 is 34.0 Å². The molecule has 1 aromatic rings. The number of thiazole rings is 1. The van der Waals surface area contributed by atoms with Crippen LogP contribution in [0.15, 0.2) is 0 Å². The minimum absolute atomic E-state index is 0.133. The second-order valence-corrected chi connectivity index (χ2v) is 4.69. The van der Waals surface area contributed by atoms with Gasteiger partial charge in [0.1, 0.15) is 11.2 Å². The van der Waals surface area contributed by atoms with Crippen LogP contribution >= 0.6 is 22.9 Å². The van der Waals surface area contributed by atoms with Crippen LogP contribution in [-0.2, 0) is 11.4 Å². The fourth-order valence-corrected chi connectivity index (χ4v) is 2.65. The number of primary amides is 1. The second-order valence-electron chi connectivity index (χ2n) is 3.27. The Morgan fingerprint density at radius 1 is 1.80 bits per heavy atom. The summed E-state index contributed by atoms with van der Waals surface area (Å²) in [5.41, 5.74) is 5.22. The van der Waals surface area contributed by atoms with Crippen LogP contribution in [0.1, 0.15) is 11.3 Å². The van der Waals surface area contributed by atoms with E-state index in [2.05, 4.69) is 4.98 Å². The molecule has 1 unspecified atom stereocenters. The number of carbonyl (C=O) groups excluding carboxylic acids is 1. The van der Waals surface area contributed by atoms with E-state index in [0.717, 1.165) is 13.0 Å². The normalized spacial score (nSPS) is 20.1. The third kappa shape index (κ3) is 1.80. The Kier molecular flexibility index (Phi) is 2.81. The van der Waals surface area contributed by atoms with Crippen LogP contribution in [0, 0.1) is 0 Å². The van der Waals surface area contributed by atoms with Crippen LogP contribution < -0.4 is 10.6 Å². The summed E-state index contributed by atoms with van der Waals surface area (Å²) < 4.78 is 0. The Labute approximate surface area is 95.5 Å². The number of carbonyl (C=O) groups is 1. The van der Waals surface area contributed by atoms with Gasteiger partial charge in [0.25, 0.3) is 0 Å². The van der Waals surface area contributed by atoms with Crippen LogP contribution in [0.4, 0.5) is 5.13 Å². The molecular weight excluding hydrogens is 238 g/mol. The van der Waals surface area contributed by atoms with Gasteiger partial charge in [-0.2, -0.15) is 0 Å². The maximum atomic E-state index is 11.0. The predicted molar refractivity (Wildman–Crippen MR) is 58.0 cm³/mol. The topological polar surface area (TPSA) is 79.5 Å². The molecule has 0 aromatic carbocycles. The summed E-state index contributed by atoms with van der Waals surface area (Å²) in [6, 6.07) is -0.279. The lowest BCUT2D eigenvalue weighted by molar-refractivity contribution is -0.120. The van der Waals surface area contributed by atoms with Crippen molar-refractivity contribution in [2.45, 2.75) is 19.1 Å². The van der Waals surface area contributed by atoms with Crippen LogP contribution in [0.5, 0.6) is 0 Å². The molecule has 1 amide bonds. The summed E-state index contributed by atoms with van der Waals surface area (Å²) in [4.78, 5) is 17.5. The summed E-state index contributed by atoms with van der Waals surface area (Å²) in [6.07, 6.45) is 0.751. The van der Waals surface area contributed by atoms with Gasteiger partial charge in [-0.1, -0.05) is 22.9 Å². The Balaban J connectivity index is 2.19. The van der Waals surface area contributed by atoms with Crippen LogP contribution in [0.2, 0.25) is 5.15 Å². The summed E-state index contributed by atoms with van der Waals surface area (Å²) in [5.74, 6) is -0.349. The highest BCUT2D eigenvalue weighted by Gasteiger charge is 2.34. The number of aliphatic hydroxyl groups excluding tert-OH is 1. The molecule has 0 radical (unpaired) electrons. The lowest BCUT2D eigenvalue weighted by atomic mass is 10.0. The largest absolute Gasteiger partial charge is 0.391 e.